The molecule has 0 aromatic heterocycles. The second-order valence-electron chi connectivity index (χ2n) is 9.24. The molecule has 0 amide bonds. The number of ether oxygens (including phenoxy) is 1. The van der Waals surface area contributed by atoms with Crippen LogP contribution in [0.5, 0.6) is 5.75 Å². The van der Waals surface area contributed by atoms with Gasteiger partial charge in [0.2, 0.25) is 0 Å². The molecule has 0 aliphatic heterocycles. The van der Waals surface area contributed by atoms with Crippen LogP contribution in [0.3, 0.4) is 0 Å². The third kappa shape index (κ3) is 19.1. The van der Waals surface area contributed by atoms with Gasteiger partial charge in [-0.3, -0.25) is 4.79 Å². The highest BCUT2D eigenvalue weighted by atomic mass is 16.5. The number of allylic oxidation sites excluding steroid dienone is 2. The molecule has 0 heterocycles. The van der Waals surface area contributed by atoms with E-state index in [4.69, 9.17) is 4.74 Å². The van der Waals surface area contributed by atoms with Crippen LogP contribution in [-0.4, -0.2) is 5.97 Å². The zero-order valence-corrected chi connectivity index (χ0v) is 21.0. The molecule has 32 heavy (non-hydrogen) atoms. The lowest BCUT2D eigenvalue weighted by atomic mass is 10.0. The molecule has 0 saturated heterocycles. The number of hydrogen-bond donors (Lipinski definition) is 0. The summed E-state index contributed by atoms with van der Waals surface area (Å²) >= 11 is 0. The Labute approximate surface area is 199 Å². The van der Waals surface area contributed by atoms with Gasteiger partial charge in [0.15, 0.2) is 0 Å². The molecule has 0 aliphatic carbocycles. The van der Waals surface area contributed by atoms with Gasteiger partial charge in [0.05, 0.1) is 0 Å². The van der Waals surface area contributed by atoms with Crippen molar-refractivity contribution in [3.8, 4) is 5.75 Å². The molecule has 0 N–H and O–H groups in total. The van der Waals surface area contributed by atoms with E-state index in [0.717, 1.165) is 12.8 Å². The third-order valence-electron chi connectivity index (χ3n) is 6.13. The molecule has 2 heteroatoms. The van der Waals surface area contributed by atoms with Gasteiger partial charge in [-0.15, -0.1) is 0 Å². The first kappa shape index (κ1) is 28.5. The van der Waals surface area contributed by atoms with Gasteiger partial charge in [-0.2, -0.15) is 0 Å². The second-order valence-corrected chi connectivity index (χ2v) is 9.24. The topological polar surface area (TPSA) is 26.3 Å². The summed E-state index contributed by atoms with van der Waals surface area (Å²) in [5.41, 5.74) is 0. The molecule has 0 saturated carbocycles. The number of esters is 1. The van der Waals surface area contributed by atoms with Crippen LogP contribution in [0.4, 0.5) is 0 Å². The standard InChI is InChI=1S/C30H50O2/c1-2-3-4-5-6-7-8-9-10-11-12-13-14-15-16-17-18-19-20-21-25-28-30(31)32-29-26-23-22-24-27-29/h20-24,26-27H,2-19,25,28H2,1H3. The van der Waals surface area contributed by atoms with E-state index in [1.165, 1.54) is 109 Å². The van der Waals surface area contributed by atoms with E-state index in [-0.39, 0.29) is 5.97 Å². The molecule has 0 spiro atoms. The first-order valence-electron chi connectivity index (χ1n) is 13.7. The fourth-order valence-electron chi connectivity index (χ4n) is 4.09. The van der Waals surface area contributed by atoms with Crippen molar-refractivity contribution in [3.63, 3.8) is 0 Å². The SMILES string of the molecule is CCCCCCCCCCCCCCCCCCCC=CCCC(=O)Oc1ccccc1. The molecule has 0 aliphatic rings. The molecule has 0 bridgehead atoms. The van der Waals surface area contributed by atoms with Gasteiger partial charge in [0, 0.05) is 6.42 Å². The first-order valence-corrected chi connectivity index (χ1v) is 13.7. The van der Waals surface area contributed by atoms with Crippen LogP contribution in [0.15, 0.2) is 42.5 Å². The predicted octanol–water partition coefficient (Wildman–Crippen LogP) is 9.97. The molecule has 0 unspecified atom stereocenters. The average Bonchev–Trinajstić information content (AvgIpc) is 2.80. The Morgan fingerprint density at radius 3 is 1.56 bits per heavy atom. The lowest BCUT2D eigenvalue weighted by Crippen LogP contribution is -2.06. The Bertz CT molecular complexity index is 549. The van der Waals surface area contributed by atoms with Crippen molar-refractivity contribution >= 4 is 5.97 Å². The van der Waals surface area contributed by atoms with Gasteiger partial charge < -0.3 is 4.74 Å². The summed E-state index contributed by atoms with van der Waals surface area (Å²) in [5.74, 6) is 0.476. The summed E-state index contributed by atoms with van der Waals surface area (Å²) in [6.07, 6.45) is 30.7. The highest BCUT2D eigenvalue weighted by molar-refractivity contribution is 5.72. The molecule has 1 aromatic rings. The Morgan fingerprint density at radius 2 is 1.06 bits per heavy atom. The summed E-state index contributed by atoms with van der Waals surface area (Å²) in [6.45, 7) is 2.29. The van der Waals surface area contributed by atoms with E-state index >= 15 is 0 Å². The van der Waals surface area contributed by atoms with Crippen molar-refractivity contribution < 1.29 is 9.53 Å². The molecular weight excluding hydrogens is 392 g/mol. The molecule has 0 atom stereocenters. The van der Waals surface area contributed by atoms with E-state index in [2.05, 4.69) is 19.1 Å². The predicted molar refractivity (Wildman–Crippen MR) is 139 cm³/mol. The van der Waals surface area contributed by atoms with Crippen molar-refractivity contribution in [1.82, 2.24) is 0 Å². The van der Waals surface area contributed by atoms with Gasteiger partial charge in [-0.05, 0) is 31.4 Å². The number of carbonyl (C=O) groups excluding carboxylic acids is 1. The maximum atomic E-state index is 11.8. The van der Waals surface area contributed by atoms with Gasteiger partial charge in [-0.25, -0.2) is 0 Å². The number of hydrogen-bond acceptors (Lipinski definition) is 2. The number of unbranched alkanes of at least 4 members (excludes halogenated alkanes) is 17. The molecule has 0 radical (unpaired) electrons. The van der Waals surface area contributed by atoms with Gasteiger partial charge in [0.1, 0.15) is 5.75 Å². The molecular formula is C30H50O2. The normalized spacial score (nSPS) is 11.3. The second kappa shape index (κ2) is 22.6. The van der Waals surface area contributed by atoms with Gasteiger partial charge in [0.25, 0.3) is 0 Å². The maximum absolute atomic E-state index is 11.8. The minimum Gasteiger partial charge on any atom is -0.427 e. The van der Waals surface area contributed by atoms with Crippen molar-refractivity contribution in [2.75, 3.05) is 0 Å². The maximum Gasteiger partial charge on any atom is 0.311 e. The highest BCUT2D eigenvalue weighted by Crippen LogP contribution is 2.14. The fraction of sp³-hybridized carbons (Fsp3) is 0.700. The van der Waals surface area contributed by atoms with Crippen LogP contribution in [0, 0.1) is 0 Å². The number of rotatable bonds is 22. The van der Waals surface area contributed by atoms with Crippen LogP contribution in [0.2, 0.25) is 0 Å². The van der Waals surface area contributed by atoms with Crippen LogP contribution in [-0.2, 0) is 4.79 Å². The summed E-state index contributed by atoms with van der Waals surface area (Å²) in [6, 6.07) is 9.29. The highest BCUT2D eigenvalue weighted by Gasteiger charge is 2.02. The van der Waals surface area contributed by atoms with Gasteiger partial charge >= 0.3 is 5.97 Å². The number of benzene rings is 1. The van der Waals surface area contributed by atoms with E-state index < -0.39 is 0 Å². The van der Waals surface area contributed by atoms with E-state index in [0.29, 0.717) is 12.2 Å². The number of para-hydroxylation sites is 1. The molecule has 2 nitrogen and oxygen atoms in total. The molecule has 182 valence electrons. The smallest absolute Gasteiger partial charge is 0.311 e. The van der Waals surface area contributed by atoms with E-state index in [9.17, 15) is 4.79 Å². The molecule has 1 rings (SSSR count). The largest absolute Gasteiger partial charge is 0.427 e. The monoisotopic (exact) mass is 442 g/mol. The van der Waals surface area contributed by atoms with Crippen LogP contribution >= 0.6 is 0 Å². The van der Waals surface area contributed by atoms with Crippen molar-refractivity contribution in [1.29, 1.82) is 0 Å². The minimum atomic E-state index is -0.154. The molecule has 1 aromatic carbocycles. The first-order chi connectivity index (χ1) is 15.8. The van der Waals surface area contributed by atoms with Crippen LogP contribution in [0.1, 0.15) is 135 Å². The number of carbonyl (C=O) groups is 1. The van der Waals surface area contributed by atoms with E-state index in [1.807, 2.05) is 30.3 Å². The molecule has 0 fully saturated rings. The zero-order chi connectivity index (χ0) is 23.0. The van der Waals surface area contributed by atoms with Crippen LogP contribution < -0.4 is 4.74 Å². The van der Waals surface area contributed by atoms with Crippen molar-refractivity contribution in [2.45, 2.75) is 135 Å². The lowest BCUT2D eigenvalue weighted by molar-refractivity contribution is -0.134. The summed E-state index contributed by atoms with van der Waals surface area (Å²) in [4.78, 5) is 11.8. The summed E-state index contributed by atoms with van der Waals surface area (Å²) in [5, 5.41) is 0. The minimum absolute atomic E-state index is 0.154. The Hall–Kier alpha value is -1.57. The van der Waals surface area contributed by atoms with Crippen molar-refractivity contribution in [3.05, 3.63) is 42.5 Å². The lowest BCUT2D eigenvalue weighted by Gasteiger charge is -2.03. The van der Waals surface area contributed by atoms with Crippen molar-refractivity contribution in [2.24, 2.45) is 0 Å². The third-order valence-corrected chi connectivity index (χ3v) is 6.13. The fourth-order valence-corrected chi connectivity index (χ4v) is 4.09. The van der Waals surface area contributed by atoms with E-state index in [1.54, 1.807) is 0 Å². The Balaban J connectivity index is 1.75. The van der Waals surface area contributed by atoms with Gasteiger partial charge in [-0.1, -0.05) is 140 Å². The Morgan fingerprint density at radius 1 is 0.625 bits per heavy atom. The summed E-state index contributed by atoms with van der Waals surface area (Å²) in [7, 11) is 0. The Kier molecular flexibility index (Phi) is 20.1. The van der Waals surface area contributed by atoms with Crippen LogP contribution in [0.25, 0.3) is 0 Å². The average molecular weight is 443 g/mol. The zero-order valence-electron chi connectivity index (χ0n) is 21.0. The summed E-state index contributed by atoms with van der Waals surface area (Å²) < 4.78 is 5.29. The quantitative estimate of drug-likeness (QED) is 0.0772.